The second-order valence-corrected chi connectivity index (χ2v) is 5.52. The molecule has 0 aliphatic heterocycles. The molecule has 1 N–H and O–H groups in total. The van der Waals surface area contributed by atoms with Crippen molar-refractivity contribution in [2.75, 3.05) is 12.3 Å². The van der Waals surface area contributed by atoms with Gasteiger partial charge in [0.1, 0.15) is 0 Å². The Morgan fingerprint density at radius 2 is 2.44 bits per heavy atom. The summed E-state index contributed by atoms with van der Waals surface area (Å²) in [5.74, 6) is 2.06. The van der Waals surface area contributed by atoms with Gasteiger partial charge in [-0.25, -0.2) is 4.98 Å². The summed E-state index contributed by atoms with van der Waals surface area (Å²) in [6.45, 7) is 3.37. The summed E-state index contributed by atoms with van der Waals surface area (Å²) >= 11 is 1.87. The van der Waals surface area contributed by atoms with Gasteiger partial charge in [-0.2, -0.15) is 0 Å². The van der Waals surface area contributed by atoms with E-state index < -0.39 is 0 Å². The summed E-state index contributed by atoms with van der Waals surface area (Å²) in [4.78, 5) is 4.35. The van der Waals surface area contributed by atoms with Crippen molar-refractivity contribution < 1.29 is 0 Å². The lowest BCUT2D eigenvalue weighted by Gasteiger charge is -2.17. The van der Waals surface area contributed by atoms with Crippen LogP contribution in [0.5, 0.6) is 0 Å². The van der Waals surface area contributed by atoms with E-state index in [4.69, 9.17) is 0 Å². The summed E-state index contributed by atoms with van der Waals surface area (Å²) in [7, 11) is 2.06. The van der Waals surface area contributed by atoms with Crippen LogP contribution in [0.1, 0.15) is 26.2 Å². The van der Waals surface area contributed by atoms with Crippen LogP contribution in [0.25, 0.3) is 0 Å². The highest BCUT2D eigenvalue weighted by Crippen LogP contribution is 2.34. The number of hydrogen-bond acceptors (Lipinski definition) is 3. The van der Waals surface area contributed by atoms with Gasteiger partial charge in [-0.1, -0.05) is 18.7 Å². The van der Waals surface area contributed by atoms with E-state index in [-0.39, 0.29) is 0 Å². The average Bonchev–Trinajstić information content (AvgIpc) is 3.04. The second kappa shape index (κ2) is 5.73. The van der Waals surface area contributed by atoms with E-state index in [1.165, 1.54) is 19.3 Å². The van der Waals surface area contributed by atoms with E-state index >= 15 is 0 Å². The van der Waals surface area contributed by atoms with E-state index in [0.717, 1.165) is 23.4 Å². The third-order valence-corrected chi connectivity index (χ3v) is 4.19. The van der Waals surface area contributed by atoms with Crippen molar-refractivity contribution in [2.45, 2.75) is 37.4 Å². The number of aromatic nitrogens is 2. The lowest BCUT2D eigenvalue weighted by molar-refractivity contribution is 0.502. The normalized spacial score (nSPS) is 17.6. The monoisotopic (exact) mass is 239 g/mol. The molecule has 1 aromatic rings. The number of nitrogens with one attached hydrogen (secondary N) is 1. The van der Waals surface area contributed by atoms with Crippen molar-refractivity contribution in [3.8, 4) is 0 Å². The van der Waals surface area contributed by atoms with Gasteiger partial charge < -0.3 is 9.88 Å². The Morgan fingerprint density at radius 3 is 3.00 bits per heavy atom. The molecule has 1 aliphatic rings. The molecule has 0 spiro atoms. The van der Waals surface area contributed by atoms with Crippen molar-refractivity contribution in [2.24, 2.45) is 13.0 Å². The topological polar surface area (TPSA) is 29.9 Å². The third kappa shape index (κ3) is 3.25. The highest BCUT2D eigenvalue weighted by molar-refractivity contribution is 7.99. The molecule has 0 amide bonds. The van der Waals surface area contributed by atoms with Crippen molar-refractivity contribution in [1.82, 2.24) is 14.9 Å². The largest absolute Gasteiger partial charge is 0.329 e. The minimum Gasteiger partial charge on any atom is -0.329 e. The van der Waals surface area contributed by atoms with Gasteiger partial charge in [-0.15, -0.1) is 0 Å². The van der Waals surface area contributed by atoms with Gasteiger partial charge in [-0.05, 0) is 31.7 Å². The number of aryl methyl sites for hydroxylation is 1. The molecule has 16 heavy (non-hydrogen) atoms. The molecule has 3 nitrogen and oxygen atoms in total. The number of imidazole rings is 1. The standard InChI is InChI=1S/C12H21N3S/c1-3-6-13-11(10-4-5-10)9-16-12-14-7-8-15(12)2/h7-8,10-11,13H,3-6,9H2,1-2H3. The Hall–Kier alpha value is -0.480. The summed E-state index contributed by atoms with van der Waals surface area (Å²) in [6.07, 6.45) is 7.91. The van der Waals surface area contributed by atoms with Gasteiger partial charge in [0.25, 0.3) is 0 Å². The molecule has 1 unspecified atom stereocenters. The van der Waals surface area contributed by atoms with Crippen molar-refractivity contribution in [3.63, 3.8) is 0 Å². The fourth-order valence-electron chi connectivity index (χ4n) is 1.85. The van der Waals surface area contributed by atoms with E-state index in [9.17, 15) is 0 Å². The average molecular weight is 239 g/mol. The molecule has 0 bridgehead atoms. The van der Waals surface area contributed by atoms with Crippen LogP contribution in [-0.2, 0) is 7.05 Å². The van der Waals surface area contributed by atoms with E-state index in [2.05, 4.69) is 28.8 Å². The molecular formula is C12H21N3S. The SMILES string of the molecule is CCCNC(CSc1nccn1C)C1CC1. The van der Waals surface area contributed by atoms with Crippen molar-refractivity contribution in [3.05, 3.63) is 12.4 Å². The number of nitrogens with zero attached hydrogens (tertiary/aromatic N) is 2. The number of thioether (sulfide) groups is 1. The van der Waals surface area contributed by atoms with Crippen LogP contribution in [0.15, 0.2) is 17.6 Å². The Bertz CT molecular complexity index is 320. The molecule has 1 aromatic heterocycles. The Kier molecular flexibility index (Phi) is 4.29. The lowest BCUT2D eigenvalue weighted by Crippen LogP contribution is -2.34. The molecule has 0 aromatic carbocycles. The number of hydrogen-bond donors (Lipinski definition) is 1. The summed E-state index contributed by atoms with van der Waals surface area (Å²) in [5.41, 5.74) is 0. The first-order valence-corrected chi connectivity index (χ1v) is 7.13. The maximum absolute atomic E-state index is 4.35. The molecule has 1 fully saturated rings. The van der Waals surface area contributed by atoms with Crippen LogP contribution in [-0.4, -0.2) is 27.9 Å². The minimum absolute atomic E-state index is 0.682. The van der Waals surface area contributed by atoms with Gasteiger partial charge in [0.05, 0.1) is 0 Å². The number of rotatable bonds is 7. The molecule has 0 saturated heterocycles. The first kappa shape index (κ1) is 12.0. The zero-order valence-corrected chi connectivity index (χ0v) is 11.0. The van der Waals surface area contributed by atoms with Crippen LogP contribution in [0.3, 0.4) is 0 Å². The van der Waals surface area contributed by atoms with Gasteiger partial charge >= 0.3 is 0 Å². The lowest BCUT2D eigenvalue weighted by atomic mass is 10.2. The predicted octanol–water partition coefficient (Wildman–Crippen LogP) is 2.29. The maximum Gasteiger partial charge on any atom is 0.167 e. The third-order valence-electron chi connectivity index (χ3n) is 3.02. The van der Waals surface area contributed by atoms with E-state index in [0.29, 0.717) is 6.04 Å². The summed E-state index contributed by atoms with van der Waals surface area (Å²) < 4.78 is 2.09. The smallest absolute Gasteiger partial charge is 0.167 e. The predicted molar refractivity (Wildman–Crippen MR) is 68.7 cm³/mol. The van der Waals surface area contributed by atoms with Crippen LogP contribution < -0.4 is 5.32 Å². The molecule has 1 atom stereocenters. The second-order valence-electron chi connectivity index (χ2n) is 4.53. The van der Waals surface area contributed by atoms with Gasteiger partial charge in [-0.3, -0.25) is 0 Å². The van der Waals surface area contributed by atoms with Crippen LogP contribution >= 0.6 is 11.8 Å². The quantitative estimate of drug-likeness (QED) is 0.740. The molecule has 1 heterocycles. The van der Waals surface area contributed by atoms with Crippen LogP contribution in [0.4, 0.5) is 0 Å². The Labute approximate surface area is 102 Å². The van der Waals surface area contributed by atoms with Crippen LogP contribution in [0, 0.1) is 5.92 Å². The van der Waals surface area contributed by atoms with Crippen molar-refractivity contribution in [1.29, 1.82) is 0 Å². The zero-order valence-electron chi connectivity index (χ0n) is 10.1. The molecule has 90 valence electrons. The van der Waals surface area contributed by atoms with Gasteiger partial charge in [0.15, 0.2) is 5.16 Å². The van der Waals surface area contributed by atoms with E-state index in [1.807, 2.05) is 24.2 Å². The van der Waals surface area contributed by atoms with Gasteiger partial charge in [0.2, 0.25) is 0 Å². The summed E-state index contributed by atoms with van der Waals surface area (Å²) in [6, 6.07) is 0.682. The highest BCUT2D eigenvalue weighted by Gasteiger charge is 2.30. The first-order valence-electron chi connectivity index (χ1n) is 6.14. The van der Waals surface area contributed by atoms with Crippen LogP contribution in [0.2, 0.25) is 0 Å². The fraction of sp³-hybridized carbons (Fsp3) is 0.750. The zero-order chi connectivity index (χ0) is 11.4. The fourth-order valence-corrected chi connectivity index (χ4v) is 2.96. The van der Waals surface area contributed by atoms with Crippen molar-refractivity contribution >= 4 is 11.8 Å². The molecule has 1 saturated carbocycles. The molecular weight excluding hydrogens is 218 g/mol. The molecule has 2 rings (SSSR count). The minimum atomic E-state index is 0.682. The molecule has 4 heteroatoms. The highest BCUT2D eigenvalue weighted by atomic mass is 32.2. The summed E-state index contributed by atoms with van der Waals surface area (Å²) in [5, 5.41) is 4.78. The Morgan fingerprint density at radius 1 is 1.62 bits per heavy atom. The van der Waals surface area contributed by atoms with E-state index in [1.54, 1.807) is 0 Å². The maximum atomic E-state index is 4.35. The first-order chi connectivity index (χ1) is 7.81. The van der Waals surface area contributed by atoms with Gasteiger partial charge in [0, 0.05) is 31.2 Å². The molecule has 0 radical (unpaired) electrons. The Balaban J connectivity index is 1.79. The molecule has 1 aliphatic carbocycles.